The van der Waals surface area contributed by atoms with Gasteiger partial charge in [0.25, 0.3) is 0 Å². The summed E-state index contributed by atoms with van der Waals surface area (Å²) in [5.41, 5.74) is 1.81. The molecule has 27 heavy (non-hydrogen) atoms. The summed E-state index contributed by atoms with van der Waals surface area (Å²) < 4.78 is 4.94. The zero-order chi connectivity index (χ0) is 18.6. The van der Waals surface area contributed by atoms with Crippen LogP contribution in [0, 0.1) is 0 Å². The number of anilines is 1. The number of hydrogen-bond donors (Lipinski definition) is 3. The Hall–Kier alpha value is -2.94. The molecule has 0 bridgehead atoms. The first kappa shape index (κ1) is 17.5. The lowest BCUT2D eigenvalue weighted by Gasteiger charge is -2.31. The summed E-state index contributed by atoms with van der Waals surface area (Å²) in [6.45, 7) is 2.20. The first-order valence-electron chi connectivity index (χ1n) is 9.08. The molecule has 4 rings (SSSR count). The first-order valence-corrected chi connectivity index (χ1v) is 9.08. The van der Waals surface area contributed by atoms with Crippen molar-refractivity contribution in [1.82, 2.24) is 30.0 Å². The van der Waals surface area contributed by atoms with E-state index in [1.165, 1.54) is 0 Å². The van der Waals surface area contributed by atoms with Gasteiger partial charge in [0.1, 0.15) is 12.4 Å². The highest BCUT2D eigenvalue weighted by Gasteiger charge is 2.25. The molecule has 1 amide bonds. The number of methoxy groups -OCH3 is 1. The predicted molar refractivity (Wildman–Crippen MR) is 100 cm³/mol. The Kier molecular flexibility index (Phi) is 5.01. The van der Waals surface area contributed by atoms with E-state index >= 15 is 0 Å². The average Bonchev–Trinajstić information content (AvgIpc) is 3.36. The largest absolute Gasteiger partial charge is 0.375 e. The lowest BCUT2D eigenvalue weighted by atomic mass is 9.93. The van der Waals surface area contributed by atoms with Crippen LogP contribution < -0.4 is 5.32 Å². The molecule has 3 N–H and O–H groups in total. The average molecular weight is 369 g/mol. The summed E-state index contributed by atoms with van der Waals surface area (Å²) in [5, 5.41) is 11.6. The van der Waals surface area contributed by atoms with Gasteiger partial charge >= 0.3 is 0 Å². The monoisotopic (exact) mass is 369 g/mol. The van der Waals surface area contributed by atoms with Crippen molar-refractivity contribution in [2.75, 3.05) is 32.1 Å². The van der Waals surface area contributed by atoms with Crippen LogP contribution >= 0.6 is 0 Å². The molecule has 0 aromatic carbocycles. The fraction of sp³-hybridized carbons (Fsp3) is 0.444. The number of hydrogen-bond acceptors (Lipinski definition) is 6. The van der Waals surface area contributed by atoms with Crippen molar-refractivity contribution in [2.24, 2.45) is 0 Å². The van der Waals surface area contributed by atoms with Crippen LogP contribution in [0.25, 0.3) is 11.0 Å². The van der Waals surface area contributed by atoms with Gasteiger partial charge in [-0.3, -0.25) is 9.89 Å². The van der Waals surface area contributed by atoms with E-state index in [2.05, 4.69) is 31.5 Å². The number of carbonyl (C=O) groups excluding carboxylic acids is 1. The van der Waals surface area contributed by atoms with E-state index in [4.69, 9.17) is 9.72 Å². The topological polar surface area (TPSA) is 112 Å². The quantitative estimate of drug-likeness (QED) is 0.609. The number of pyridine rings is 1. The van der Waals surface area contributed by atoms with Gasteiger partial charge in [-0.05, 0) is 25.0 Å². The maximum Gasteiger partial charge on any atom is 0.248 e. The predicted octanol–water partition coefficient (Wildman–Crippen LogP) is 1.65. The van der Waals surface area contributed by atoms with Gasteiger partial charge in [0.15, 0.2) is 11.5 Å². The van der Waals surface area contributed by atoms with E-state index in [1.807, 2.05) is 11.0 Å². The minimum Gasteiger partial charge on any atom is -0.375 e. The van der Waals surface area contributed by atoms with Gasteiger partial charge in [0.2, 0.25) is 5.91 Å². The number of nitrogens with zero attached hydrogens (tertiary/aromatic N) is 4. The molecule has 142 valence electrons. The number of fused-ring (bicyclic) bond motifs is 1. The van der Waals surface area contributed by atoms with Crippen LogP contribution in [0.2, 0.25) is 0 Å². The third kappa shape index (κ3) is 3.77. The molecule has 3 aromatic heterocycles. The highest BCUT2D eigenvalue weighted by Crippen LogP contribution is 2.29. The van der Waals surface area contributed by atoms with Crippen molar-refractivity contribution in [3.63, 3.8) is 0 Å². The minimum atomic E-state index is 0.0557. The smallest absolute Gasteiger partial charge is 0.248 e. The summed E-state index contributed by atoms with van der Waals surface area (Å²) >= 11 is 0. The molecule has 4 heterocycles. The van der Waals surface area contributed by atoms with Gasteiger partial charge in [0, 0.05) is 44.2 Å². The Balaban J connectivity index is 1.41. The van der Waals surface area contributed by atoms with Crippen LogP contribution in [-0.2, 0) is 16.1 Å². The molecular formula is C18H23N7O2. The number of imidazole rings is 1. The third-order valence-electron chi connectivity index (χ3n) is 4.96. The SMILES string of the molecule is COCC(=O)N1CCC(c2ccc3c(NCc4ncc[nH]4)n[nH]c3n2)CC1. The normalized spacial score (nSPS) is 15.4. The molecule has 3 aromatic rings. The molecule has 9 nitrogen and oxygen atoms in total. The highest BCUT2D eigenvalue weighted by atomic mass is 16.5. The number of rotatable bonds is 6. The molecule has 0 aliphatic carbocycles. The zero-order valence-electron chi connectivity index (χ0n) is 15.2. The van der Waals surface area contributed by atoms with E-state index in [1.54, 1.807) is 19.5 Å². The van der Waals surface area contributed by atoms with Crippen molar-refractivity contribution < 1.29 is 9.53 Å². The number of carbonyl (C=O) groups is 1. The second kappa shape index (κ2) is 7.75. The van der Waals surface area contributed by atoms with Crippen molar-refractivity contribution in [1.29, 1.82) is 0 Å². The lowest BCUT2D eigenvalue weighted by Crippen LogP contribution is -2.39. The van der Waals surface area contributed by atoms with Gasteiger partial charge in [-0.1, -0.05) is 0 Å². The molecule has 0 saturated carbocycles. The third-order valence-corrected chi connectivity index (χ3v) is 4.96. The van der Waals surface area contributed by atoms with Crippen molar-refractivity contribution >= 4 is 22.8 Å². The van der Waals surface area contributed by atoms with Crippen molar-refractivity contribution in [3.05, 3.63) is 36.0 Å². The number of amides is 1. The van der Waals surface area contributed by atoms with Crippen LogP contribution in [-0.4, -0.2) is 62.8 Å². The molecule has 0 spiro atoms. The van der Waals surface area contributed by atoms with E-state index in [0.29, 0.717) is 12.5 Å². The number of nitrogens with one attached hydrogen (secondary N) is 3. The Bertz CT molecular complexity index is 898. The summed E-state index contributed by atoms with van der Waals surface area (Å²) in [7, 11) is 1.55. The number of H-pyrrole nitrogens is 2. The molecule has 0 radical (unpaired) electrons. The van der Waals surface area contributed by atoms with Gasteiger partial charge in [0.05, 0.1) is 11.9 Å². The molecule has 0 unspecified atom stereocenters. The molecular weight excluding hydrogens is 346 g/mol. The molecule has 1 aliphatic heterocycles. The molecule has 1 fully saturated rings. The Morgan fingerprint density at radius 1 is 1.37 bits per heavy atom. The van der Waals surface area contributed by atoms with E-state index in [-0.39, 0.29) is 12.5 Å². The van der Waals surface area contributed by atoms with E-state index in [9.17, 15) is 4.79 Å². The van der Waals surface area contributed by atoms with Crippen LogP contribution in [0.4, 0.5) is 5.82 Å². The summed E-state index contributed by atoms with van der Waals surface area (Å²) in [6, 6.07) is 4.11. The van der Waals surface area contributed by atoms with Crippen LogP contribution in [0.1, 0.15) is 30.3 Å². The standard InChI is InChI=1S/C18H23N7O2/c1-27-11-16(26)25-8-4-12(5-9-25)14-3-2-13-17(23-24-18(13)22-14)21-10-15-19-6-7-20-15/h2-3,6-7,12H,4-5,8-11H2,1H3,(H,19,20)(H2,21,22,23,24). The van der Waals surface area contributed by atoms with Crippen LogP contribution in [0.15, 0.2) is 24.5 Å². The number of aromatic nitrogens is 5. The number of likely N-dealkylation sites (tertiary alicyclic amines) is 1. The first-order chi connectivity index (χ1) is 13.2. The number of ether oxygens (including phenoxy) is 1. The maximum atomic E-state index is 11.9. The highest BCUT2D eigenvalue weighted by molar-refractivity contribution is 5.87. The van der Waals surface area contributed by atoms with Crippen molar-refractivity contribution in [3.8, 4) is 0 Å². The fourth-order valence-electron chi connectivity index (χ4n) is 3.48. The van der Waals surface area contributed by atoms with E-state index in [0.717, 1.165) is 54.3 Å². The minimum absolute atomic E-state index is 0.0557. The van der Waals surface area contributed by atoms with Gasteiger partial charge < -0.3 is 19.9 Å². The maximum absolute atomic E-state index is 11.9. The summed E-state index contributed by atoms with van der Waals surface area (Å²) in [4.78, 5) is 25.8. The van der Waals surface area contributed by atoms with Crippen LogP contribution in [0.5, 0.6) is 0 Å². The number of aromatic amines is 2. The van der Waals surface area contributed by atoms with Gasteiger partial charge in [-0.15, -0.1) is 0 Å². The Labute approximate surface area is 156 Å². The summed E-state index contributed by atoms with van der Waals surface area (Å²) in [6.07, 6.45) is 5.33. The molecule has 9 heteroatoms. The number of piperidine rings is 1. The second-order valence-corrected chi connectivity index (χ2v) is 6.68. The van der Waals surface area contributed by atoms with Crippen LogP contribution in [0.3, 0.4) is 0 Å². The van der Waals surface area contributed by atoms with Crippen molar-refractivity contribution in [2.45, 2.75) is 25.3 Å². The van der Waals surface area contributed by atoms with Gasteiger partial charge in [-0.2, -0.15) is 5.10 Å². The molecule has 0 atom stereocenters. The second-order valence-electron chi connectivity index (χ2n) is 6.68. The Morgan fingerprint density at radius 2 is 2.22 bits per heavy atom. The fourth-order valence-corrected chi connectivity index (χ4v) is 3.48. The van der Waals surface area contributed by atoms with Gasteiger partial charge in [-0.25, -0.2) is 9.97 Å². The Morgan fingerprint density at radius 3 is 2.96 bits per heavy atom. The van der Waals surface area contributed by atoms with E-state index < -0.39 is 0 Å². The zero-order valence-corrected chi connectivity index (χ0v) is 15.2. The molecule has 1 aliphatic rings. The molecule has 1 saturated heterocycles. The lowest BCUT2D eigenvalue weighted by molar-refractivity contribution is -0.136. The summed E-state index contributed by atoms with van der Waals surface area (Å²) in [5.74, 6) is 2.02.